The van der Waals surface area contributed by atoms with Gasteiger partial charge in [0.2, 0.25) is 11.0 Å². The number of ether oxygens (including phenoxy) is 1. The fourth-order valence-corrected chi connectivity index (χ4v) is 6.11. The number of aromatic hydroxyl groups is 1. The van der Waals surface area contributed by atoms with Crippen molar-refractivity contribution in [2.24, 2.45) is 10.1 Å². The van der Waals surface area contributed by atoms with E-state index in [0.29, 0.717) is 27.4 Å². The zero-order valence-corrected chi connectivity index (χ0v) is 20.6. The number of thiophene rings is 1. The number of thiazole rings is 1. The molecule has 4 heterocycles. The molecule has 0 radical (unpaired) electrons. The average Bonchev–Trinajstić information content (AvgIpc) is 3.64. The van der Waals surface area contributed by atoms with Crippen LogP contribution in [-0.2, 0) is 4.79 Å². The number of carbonyl (C=O) groups is 1. The van der Waals surface area contributed by atoms with Gasteiger partial charge in [0.15, 0.2) is 0 Å². The van der Waals surface area contributed by atoms with Gasteiger partial charge in [0, 0.05) is 11.6 Å². The van der Waals surface area contributed by atoms with Crippen LogP contribution in [0.1, 0.15) is 33.3 Å². The molecule has 9 heteroatoms. The minimum absolute atomic E-state index is 0.111. The Labute approximate surface area is 209 Å². The zero-order valence-electron chi connectivity index (χ0n) is 18.9. The number of hydrazone groups is 1. The standard InChI is InChI=1S/C26H20N4O3S2/c1-14-5-10-18-17(12-14)22(24(31)27-18)23-25(32)28-26(35-23)30-20(15-6-8-16(33-2)9-7-15)13-19(29-30)21-4-3-11-34-21/h3-12,20,32H,13H2,1-2H3. The number of rotatable bonds is 5. The third kappa shape index (κ3) is 3.73. The molecule has 2 aromatic carbocycles. The van der Waals surface area contributed by atoms with Gasteiger partial charge in [0.25, 0.3) is 5.91 Å². The predicted molar refractivity (Wildman–Crippen MR) is 137 cm³/mol. The van der Waals surface area contributed by atoms with E-state index >= 15 is 0 Å². The number of hydrogen-bond acceptors (Lipinski definition) is 8. The van der Waals surface area contributed by atoms with Crippen LogP contribution in [0, 0.1) is 6.92 Å². The highest BCUT2D eigenvalue weighted by Gasteiger charge is 2.34. The molecule has 1 amide bonds. The quantitative estimate of drug-likeness (QED) is 0.449. The average molecular weight is 501 g/mol. The largest absolute Gasteiger partial charge is 0.497 e. The fourth-order valence-electron chi connectivity index (χ4n) is 4.37. The van der Waals surface area contributed by atoms with Gasteiger partial charge in [-0.15, -0.1) is 11.3 Å². The summed E-state index contributed by atoms with van der Waals surface area (Å²) < 4.78 is 5.32. The van der Waals surface area contributed by atoms with Crippen molar-refractivity contribution in [2.45, 2.75) is 19.4 Å². The molecule has 1 atom stereocenters. The lowest BCUT2D eigenvalue weighted by atomic mass is 10.0. The third-order valence-electron chi connectivity index (χ3n) is 6.09. The number of hydrogen-bond donors (Lipinski definition) is 1. The Morgan fingerprint density at radius 1 is 1.14 bits per heavy atom. The van der Waals surface area contributed by atoms with E-state index in [0.717, 1.165) is 32.7 Å². The number of anilines is 1. The van der Waals surface area contributed by atoms with Crippen molar-refractivity contribution in [2.75, 3.05) is 12.1 Å². The van der Waals surface area contributed by atoms with Gasteiger partial charge in [0.05, 0.1) is 34.7 Å². The maximum atomic E-state index is 12.8. The van der Waals surface area contributed by atoms with Gasteiger partial charge in [-0.05, 0) is 48.2 Å². The molecule has 0 aliphatic carbocycles. The summed E-state index contributed by atoms with van der Waals surface area (Å²) >= 11 is 2.89. The van der Waals surface area contributed by atoms with E-state index in [1.807, 2.05) is 65.8 Å². The maximum absolute atomic E-state index is 12.8. The van der Waals surface area contributed by atoms with E-state index in [1.54, 1.807) is 18.4 Å². The topological polar surface area (TPSA) is 87.4 Å². The van der Waals surface area contributed by atoms with Crippen molar-refractivity contribution in [3.63, 3.8) is 0 Å². The molecule has 2 aromatic heterocycles. The first kappa shape index (κ1) is 21.7. The predicted octanol–water partition coefficient (Wildman–Crippen LogP) is 3.94. The van der Waals surface area contributed by atoms with E-state index < -0.39 is 0 Å². The molecule has 174 valence electrons. The van der Waals surface area contributed by atoms with Crippen LogP contribution >= 0.6 is 22.7 Å². The van der Waals surface area contributed by atoms with Crippen molar-refractivity contribution in [1.29, 1.82) is 0 Å². The number of methoxy groups -OCH3 is 1. The number of aryl methyl sites for hydroxylation is 1. The monoisotopic (exact) mass is 500 g/mol. The van der Waals surface area contributed by atoms with E-state index in [4.69, 9.17) is 9.84 Å². The second kappa shape index (κ2) is 8.44. The van der Waals surface area contributed by atoms with Crippen molar-refractivity contribution in [1.82, 2.24) is 4.98 Å². The van der Waals surface area contributed by atoms with Gasteiger partial charge in [-0.25, -0.2) is 10.0 Å². The van der Waals surface area contributed by atoms with E-state index in [2.05, 4.69) is 16.0 Å². The van der Waals surface area contributed by atoms with E-state index in [-0.39, 0.29) is 17.8 Å². The number of amides is 1. The van der Waals surface area contributed by atoms with Crippen molar-refractivity contribution < 1.29 is 14.6 Å². The summed E-state index contributed by atoms with van der Waals surface area (Å²) in [5.41, 5.74) is 3.41. The van der Waals surface area contributed by atoms with Gasteiger partial charge in [-0.1, -0.05) is 41.2 Å². The molecule has 2 aliphatic heterocycles. The number of aromatic nitrogens is 1. The Hall–Kier alpha value is -3.82. The second-order valence-electron chi connectivity index (χ2n) is 8.32. The van der Waals surface area contributed by atoms with Crippen molar-refractivity contribution >= 4 is 45.0 Å². The molecule has 0 bridgehead atoms. The first-order valence-corrected chi connectivity index (χ1v) is 12.7. The number of benzene rings is 2. The Bertz CT molecular complexity index is 1610. The van der Waals surface area contributed by atoms with Gasteiger partial charge in [0.1, 0.15) is 10.6 Å². The van der Waals surface area contributed by atoms with Gasteiger partial charge < -0.3 is 9.84 Å². The summed E-state index contributed by atoms with van der Waals surface area (Å²) in [7, 11) is 1.64. The van der Waals surface area contributed by atoms with Crippen LogP contribution in [0.4, 0.5) is 5.13 Å². The van der Waals surface area contributed by atoms with E-state index in [1.165, 1.54) is 11.3 Å². The molecule has 4 aromatic rings. The Balaban J connectivity index is 1.46. The van der Waals surface area contributed by atoms with Gasteiger partial charge in [-0.3, -0.25) is 4.79 Å². The highest BCUT2D eigenvalue weighted by Crippen LogP contribution is 2.43. The van der Waals surface area contributed by atoms with Crippen LogP contribution in [0.25, 0.3) is 5.57 Å². The summed E-state index contributed by atoms with van der Waals surface area (Å²) in [6, 6.07) is 17.5. The molecule has 1 N–H and O–H groups in total. The first-order valence-electron chi connectivity index (χ1n) is 11.0. The van der Waals surface area contributed by atoms with Crippen molar-refractivity contribution in [3.05, 3.63) is 91.4 Å². The van der Waals surface area contributed by atoms with Crippen LogP contribution in [0.2, 0.25) is 0 Å². The molecule has 7 nitrogen and oxygen atoms in total. The van der Waals surface area contributed by atoms with Crippen LogP contribution in [0.3, 0.4) is 0 Å². The summed E-state index contributed by atoms with van der Waals surface area (Å²) in [5, 5.41) is 21.5. The Kier molecular flexibility index (Phi) is 5.23. The second-order valence-corrected chi connectivity index (χ2v) is 10.2. The summed E-state index contributed by atoms with van der Waals surface area (Å²) in [4.78, 5) is 22.9. The Morgan fingerprint density at radius 3 is 2.71 bits per heavy atom. The highest BCUT2D eigenvalue weighted by molar-refractivity contribution is 7.17. The molecule has 35 heavy (non-hydrogen) atoms. The minimum Gasteiger partial charge on any atom is -0.497 e. The zero-order chi connectivity index (χ0) is 24.1. The number of nitrogens with zero attached hydrogens (tertiary/aromatic N) is 4. The fraction of sp³-hybridized carbons (Fsp3) is 0.154. The SMILES string of the molecule is COc1ccc(C2CC(c3cccs3)=NN2c2nc(O)c(C3=c4cc(C)ccc4=NC3=O)s2)cc1. The lowest BCUT2D eigenvalue weighted by Gasteiger charge is -2.21. The third-order valence-corrected chi connectivity index (χ3v) is 8.07. The van der Waals surface area contributed by atoms with Gasteiger partial charge in [-0.2, -0.15) is 10.1 Å². The molecular formula is C26H20N4O3S2. The maximum Gasteiger partial charge on any atom is 0.279 e. The Morgan fingerprint density at radius 2 is 1.97 bits per heavy atom. The minimum atomic E-state index is -0.369. The summed E-state index contributed by atoms with van der Waals surface area (Å²) in [6.45, 7) is 1.96. The van der Waals surface area contributed by atoms with E-state index in [9.17, 15) is 9.90 Å². The number of carbonyl (C=O) groups excluding carboxylic acids is 1. The normalized spacial score (nSPS) is 16.9. The molecule has 1 unspecified atom stereocenters. The molecule has 0 saturated heterocycles. The van der Waals surface area contributed by atoms with Crippen molar-refractivity contribution in [3.8, 4) is 11.6 Å². The molecule has 0 spiro atoms. The van der Waals surface area contributed by atoms with Crippen LogP contribution < -0.4 is 20.3 Å². The lowest BCUT2D eigenvalue weighted by Crippen LogP contribution is -2.23. The smallest absolute Gasteiger partial charge is 0.279 e. The molecule has 0 fully saturated rings. The summed E-state index contributed by atoms with van der Waals surface area (Å²) in [6.07, 6.45) is 0.690. The molecule has 2 aliphatic rings. The first-order chi connectivity index (χ1) is 17.0. The lowest BCUT2D eigenvalue weighted by molar-refractivity contribution is -0.112. The van der Waals surface area contributed by atoms with Crippen LogP contribution in [-0.4, -0.2) is 28.8 Å². The van der Waals surface area contributed by atoms with Crippen LogP contribution in [0.5, 0.6) is 11.6 Å². The highest BCUT2D eigenvalue weighted by atomic mass is 32.1. The molecular weight excluding hydrogens is 480 g/mol. The number of fused-ring (bicyclic) bond motifs is 1. The van der Waals surface area contributed by atoms with Crippen LogP contribution in [0.15, 0.2) is 70.1 Å². The molecule has 0 saturated carbocycles. The van der Waals surface area contributed by atoms with Gasteiger partial charge >= 0.3 is 0 Å². The molecule has 6 rings (SSSR count). The summed E-state index contributed by atoms with van der Waals surface area (Å²) in [5.74, 6) is 0.221.